The molecule has 100 valence electrons. The highest BCUT2D eigenvalue weighted by atomic mass is 19.4. The Morgan fingerprint density at radius 3 is 2.28 bits per heavy atom. The van der Waals surface area contributed by atoms with Crippen molar-refractivity contribution in [1.29, 1.82) is 0 Å². The summed E-state index contributed by atoms with van der Waals surface area (Å²) >= 11 is 0. The van der Waals surface area contributed by atoms with Crippen molar-refractivity contribution in [3.8, 4) is 0 Å². The normalized spacial score (nSPS) is 11.9. The minimum Gasteiger partial charge on any atom is -0.366 e. The number of aromatic nitrogens is 1. The lowest BCUT2D eigenvalue weighted by Gasteiger charge is -2.14. The summed E-state index contributed by atoms with van der Waals surface area (Å²) in [6.45, 7) is -0.476. The molecule has 0 aliphatic heterocycles. The lowest BCUT2D eigenvalue weighted by atomic mass is 10.1. The summed E-state index contributed by atoms with van der Waals surface area (Å²) < 4.78 is 62.6. The van der Waals surface area contributed by atoms with Crippen molar-refractivity contribution < 1.29 is 26.7 Å². The molecule has 0 saturated carbocycles. The topological polar surface area (TPSA) is 82.0 Å². The average Bonchev–Trinajstić information content (AvgIpc) is 2.25. The quantitative estimate of drug-likeness (QED) is 0.817. The van der Waals surface area contributed by atoms with Crippen LogP contribution in [0.3, 0.4) is 0 Å². The van der Waals surface area contributed by atoms with Gasteiger partial charge in [-0.3, -0.25) is 4.79 Å². The van der Waals surface area contributed by atoms with Crippen molar-refractivity contribution in [1.82, 2.24) is 4.98 Å². The zero-order valence-electron chi connectivity index (χ0n) is 8.76. The summed E-state index contributed by atoms with van der Waals surface area (Å²) in [7, 11) is 0. The molecule has 9 heteroatoms. The van der Waals surface area contributed by atoms with Gasteiger partial charge in [-0.2, -0.15) is 13.2 Å². The highest BCUT2D eigenvalue weighted by molar-refractivity contribution is 5.94. The van der Waals surface area contributed by atoms with Gasteiger partial charge in [-0.15, -0.1) is 0 Å². The first-order chi connectivity index (χ1) is 8.18. The van der Waals surface area contributed by atoms with Crippen LogP contribution in [-0.2, 0) is 12.7 Å². The van der Waals surface area contributed by atoms with E-state index >= 15 is 0 Å². The van der Waals surface area contributed by atoms with Gasteiger partial charge in [0.25, 0.3) is 12.3 Å². The van der Waals surface area contributed by atoms with Crippen LogP contribution in [0, 0.1) is 0 Å². The molecule has 18 heavy (non-hydrogen) atoms. The third kappa shape index (κ3) is 2.73. The van der Waals surface area contributed by atoms with E-state index in [0.29, 0.717) is 0 Å². The monoisotopic (exact) mass is 269 g/mol. The Balaban J connectivity index is 3.58. The molecule has 0 unspecified atom stereocenters. The van der Waals surface area contributed by atoms with Crippen molar-refractivity contribution in [3.63, 3.8) is 0 Å². The van der Waals surface area contributed by atoms with Crippen LogP contribution in [-0.4, -0.2) is 10.9 Å². The molecule has 0 fully saturated rings. The first kappa shape index (κ1) is 14.3. The Bertz CT molecular complexity index is 472. The van der Waals surface area contributed by atoms with E-state index in [1.807, 2.05) is 0 Å². The maximum atomic E-state index is 12.5. The fraction of sp³-hybridized carbons (Fsp3) is 0.333. The van der Waals surface area contributed by atoms with Crippen LogP contribution in [0.5, 0.6) is 0 Å². The number of hydrogen-bond acceptors (Lipinski definition) is 3. The van der Waals surface area contributed by atoms with Gasteiger partial charge >= 0.3 is 6.18 Å². The number of alkyl halides is 5. The first-order valence-electron chi connectivity index (χ1n) is 4.57. The number of nitrogens with zero attached hydrogens (tertiary/aromatic N) is 1. The molecule has 0 aliphatic carbocycles. The molecule has 0 radical (unpaired) electrons. The summed E-state index contributed by atoms with van der Waals surface area (Å²) in [6.07, 6.45) is -8.50. The molecule has 0 aliphatic rings. The Hall–Kier alpha value is -1.77. The van der Waals surface area contributed by atoms with Gasteiger partial charge in [-0.25, -0.2) is 13.8 Å². The van der Waals surface area contributed by atoms with E-state index in [2.05, 4.69) is 4.98 Å². The molecular weight excluding hydrogens is 261 g/mol. The second-order valence-corrected chi connectivity index (χ2v) is 3.28. The van der Waals surface area contributed by atoms with Gasteiger partial charge in [0.05, 0.1) is 16.8 Å². The SMILES string of the molecule is NCc1nc(C(F)F)c(C(F)(F)F)cc1C(N)=O. The zero-order valence-corrected chi connectivity index (χ0v) is 8.76. The number of halogens is 5. The molecule has 1 rings (SSSR count). The Kier molecular flexibility index (Phi) is 3.85. The van der Waals surface area contributed by atoms with E-state index in [1.54, 1.807) is 0 Å². The zero-order chi connectivity index (χ0) is 14.1. The average molecular weight is 269 g/mol. The van der Waals surface area contributed by atoms with Crippen molar-refractivity contribution in [2.45, 2.75) is 19.1 Å². The molecule has 0 spiro atoms. The largest absolute Gasteiger partial charge is 0.418 e. The molecule has 1 heterocycles. The van der Waals surface area contributed by atoms with Gasteiger partial charge in [-0.05, 0) is 6.07 Å². The van der Waals surface area contributed by atoms with Crippen LogP contribution >= 0.6 is 0 Å². The third-order valence-electron chi connectivity index (χ3n) is 2.10. The first-order valence-corrected chi connectivity index (χ1v) is 4.57. The fourth-order valence-electron chi connectivity index (χ4n) is 1.33. The van der Waals surface area contributed by atoms with Gasteiger partial charge in [0.1, 0.15) is 5.69 Å². The Morgan fingerprint density at radius 1 is 1.39 bits per heavy atom. The second kappa shape index (κ2) is 4.84. The number of pyridine rings is 1. The van der Waals surface area contributed by atoms with Gasteiger partial charge in [-0.1, -0.05) is 0 Å². The van der Waals surface area contributed by atoms with Crippen LogP contribution in [0.2, 0.25) is 0 Å². The number of nitrogens with two attached hydrogens (primary N) is 2. The van der Waals surface area contributed by atoms with E-state index in [4.69, 9.17) is 11.5 Å². The van der Waals surface area contributed by atoms with Crippen LogP contribution < -0.4 is 11.5 Å². The van der Waals surface area contributed by atoms with Crippen LogP contribution in [0.1, 0.15) is 33.7 Å². The molecule has 0 aromatic carbocycles. The second-order valence-electron chi connectivity index (χ2n) is 3.28. The molecule has 1 amide bonds. The van der Waals surface area contributed by atoms with Crippen LogP contribution in [0.15, 0.2) is 6.07 Å². The molecule has 0 atom stereocenters. The molecule has 4 nitrogen and oxygen atoms in total. The smallest absolute Gasteiger partial charge is 0.366 e. The number of rotatable bonds is 3. The van der Waals surface area contributed by atoms with Gasteiger partial charge in [0.2, 0.25) is 0 Å². The van der Waals surface area contributed by atoms with Gasteiger partial charge < -0.3 is 11.5 Å². The summed E-state index contributed by atoms with van der Waals surface area (Å²) in [4.78, 5) is 14.0. The highest BCUT2D eigenvalue weighted by Crippen LogP contribution is 2.36. The molecule has 4 N–H and O–H groups in total. The van der Waals surface area contributed by atoms with E-state index in [1.165, 1.54) is 0 Å². The fourth-order valence-corrected chi connectivity index (χ4v) is 1.33. The van der Waals surface area contributed by atoms with E-state index in [0.717, 1.165) is 0 Å². The number of amides is 1. The van der Waals surface area contributed by atoms with E-state index < -0.39 is 47.6 Å². The van der Waals surface area contributed by atoms with Crippen molar-refractivity contribution >= 4 is 5.91 Å². The minimum absolute atomic E-state index is 0.249. The number of hydrogen-bond donors (Lipinski definition) is 2. The summed E-state index contributed by atoms with van der Waals surface area (Å²) in [5.41, 5.74) is 5.79. The minimum atomic E-state index is -5.06. The predicted octanol–water partition coefficient (Wildman–Crippen LogP) is 1.60. The summed E-state index contributed by atoms with van der Waals surface area (Å²) in [5, 5.41) is 0. The maximum absolute atomic E-state index is 12.5. The van der Waals surface area contributed by atoms with E-state index in [-0.39, 0.29) is 6.07 Å². The van der Waals surface area contributed by atoms with Crippen molar-refractivity contribution in [2.75, 3.05) is 0 Å². The highest BCUT2D eigenvalue weighted by Gasteiger charge is 2.38. The Morgan fingerprint density at radius 2 is 1.94 bits per heavy atom. The Labute approximate surface area is 97.8 Å². The number of carbonyl (C=O) groups excluding carboxylic acids is 1. The van der Waals surface area contributed by atoms with Crippen LogP contribution in [0.25, 0.3) is 0 Å². The predicted molar refractivity (Wildman–Crippen MR) is 50.6 cm³/mol. The molecular formula is C9H8F5N3O. The summed E-state index contributed by atoms with van der Waals surface area (Å²) in [6, 6.07) is 0.249. The summed E-state index contributed by atoms with van der Waals surface area (Å²) in [5.74, 6) is -1.21. The van der Waals surface area contributed by atoms with Crippen molar-refractivity contribution in [3.05, 3.63) is 28.6 Å². The lowest BCUT2D eigenvalue weighted by molar-refractivity contribution is -0.140. The molecule has 0 saturated heterocycles. The van der Waals surface area contributed by atoms with E-state index in [9.17, 15) is 26.7 Å². The molecule has 1 aromatic heterocycles. The number of primary amides is 1. The standard InChI is InChI=1S/C9H8F5N3O/c10-7(11)6-4(9(12,13)14)1-3(8(16)18)5(2-15)17-6/h1,7H,2,15H2,(H2,16,18). The van der Waals surface area contributed by atoms with Crippen molar-refractivity contribution in [2.24, 2.45) is 11.5 Å². The molecule has 1 aromatic rings. The van der Waals surface area contributed by atoms with Crippen LogP contribution in [0.4, 0.5) is 22.0 Å². The molecule has 0 bridgehead atoms. The lowest BCUT2D eigenvalue weighted by Crippen LogP contribution is -2.21. The maximum Gasteiger partial charge on any atom is 0.418 e. The van der Waals surface area contributed by atoms with Gasteiger partial charge in [0.15, 0.2) is 0 Å². The number of carbonyl (C=O) groups is 1. The van der Waals surface area contributed by atoms with Gasteiger partial charge in [0, 0.05) is 6.54 Å². The third-order valence-corrected chi connectivity index (χ3v) is 2.10.